The Morgan fingerprint density at radius 2 is 1.86 bits per heavy atom. The number of rotatable bonds is 13. The highest BCUT2D eigenvalue weighted by Gasteiger charge is 2.35. The zero-order valence-corrected chi connectivity index (χ0v) is 26.7. The van der Waals surface area contributed by atoms with Gasteiger partial charge in [0.1, 0.15) is 5.60 Å². The average Bonchev–Trinajstić information content (AvgIpc) is 3.61. The normalized spacial score (nSPS) is 15.8. The van der Waals surface area contributed by atoms with Gasteiger partial charge in [-0.25, -0.2) is 18.2 Å². The standard InChI is InChI=1S/C30H40ClN5O7S/c1-30(2,3)42-29(39)34-25(17-20-9-5-4-6-10-20)26(37)19-36(43-21-11-7-8-12-21)44(40,41)22-13-14-23-24(18-22)33-28(32-23)35-27(38)15-16-31/h4-6,9-10,13-14,18,21,25-26,37H,7-8,11-12,15-17,19H2,1-3H3,(H,34,39)(H2,32,33,35,38). The second-order valence-corrected chi connectivity index (χ2v) is 14.0. The summed E-state index contributed by atoms with van der Waals surface area (Å²) in [4.78, 5) is 37.8. The van der Waals surface area contributed by atoms with Crippen molar-refractivity contribution in [1.29, 1.82) is 0 Å². The van der Waals surface area contributed by atoms with Crippen molar-refractivity contribution in [3.63, 3.8) is 0 Å². The molecule has 0 bridgehead atoms. The third-order valence-electron chi connectivity index (χ3n) is 6.97. The third-order valence-corrected chi connectivity index (χ3v) is 8.78. The number of nitrogens with zero attached hydrogens (tertiary/aromatic N) is 2. The van der Waals surface area contributed by atoms with Crippen LogP contribution in [0.2, 0.25) is 0 Å². The number of H-pyrrole nitrogens is 1. The van der Waals surface area contributed by atoms with E-state index in [4.69, 9.17) is 21.2 Å². The summed E-state index contributed by atoms with van der Waals surface area (Å²) in [6.45, 7) is 4.73. The van der Waals surface area contributed by atoms with Gasteiger partial charge < -0.3 is 20.1 Å². The van der Waals surface area contributed by atoms with Crippen molar-refractivity contribution >= 4 is 50.6 Å². The first kappa shape index (κ1) is 33.7. The number of aliphatic hydroxyl groups excluding tert-OH is 1. The van der Waals surface area contributed by atoms with Gasteiger partial charge in [-0.2, -0.15) is 0 Å². The molecule has 3 aromatic rings. The zero-order chi connectivity index (χ0) is 31.9. The number of carbonyl (C=O) groups excluding carboxylic acids is 2. The predicted molar refractivity (Wildman–Crippen MR) is 167 cm³/mol. The molecular formula is C30H40ClN5O7S. The lowest BCUT2D eigenvalue weighted by molar-refractivity contribution is -0.145. The lowest BCUT2D eigenvalue weighted by atomic mass is 10.0. The van der Waals surface area contributed by atoms with E-state index in [-0.39, 0.29) is 41.6 Å². The van der Waals surface area contributed by atoms with Gasteiger partial charge in [-0.1, -0.05) is 47.6 Å². The fourth-order valence-electron chi connectivity index (χ4n) is 4.85. The molecule has 1 saturated carbocycles. The van der Waals surface area contributed by atoms with Crippen LogP contribution in [0.25, 0.3) is 11.0 Å². The van der Waals surface area contributed by atoms with Gasteiger partial charge in [0.05, 0.1) is 40.7 Å². The minimum Gasteiger partial charge on any atom is -0.444 e. The van der Waals surface area contributed by atoms with Crippen LogP contribution in [-0.4, -0.2) is 76.2 Å². The van der Waals surface area contributed by atoms with Gasteiger partial charge in [0.15, 0.2) is 0 Å². The van der Waals surface area contributed by atoms with Crippen LogP contribution < -0.4 is 10.6 Å². The van der Waals surface area contributed by atoms with Gasteiger partial charge >= 0.3 is 6.09 Å². The Morgan fingerprint density at radius 1 is 1.16 bits per heavy atom. The molecule has 1 fully saturated rings. The summed E-state index contributed by atoms with van der Waals surface area (Å²) in [6.07, 6.45) is 1.03. The number of ether oxygens (including phenoxy) is 1. The van der Waals surface area contributed by atoms with Crippen molar-refractivity contribution in [1.82, 2.24) is 19.8 Å². The van der Waals surface area contributed by atoms with Crippen molar-refractivity contribution in [2.24, 2.45) is 0 Å². The molecule has 14 heteroatoms. The number of halogens is 1. The van der Waals surface area contributed by atoms with Crippen LogP contribution in [0.1, 0.15) is 58.4 Å². The zero-order valence-electron chi connectivity index (χ0n) is 25.1. The number of imidazole rings is 1. The smallest absolute Gasteiger partial charge is 0.407 e. The van der Waals surface area contributed by atoms with E-state index in [1.54, 1.807) is 20.8 Å². The van der Waals surface area contributed by atoms with Gasteiger partial charge in [-0.3, -0.25) is 14.9 Å². The molecule has 4 rings (SSSR count). The topological polar surface area (TPSA) is 163 Å². The number of aromatic amines is 1. The quantitative estimate of drug-likeness (QED) is 0.155. The van der Waals surface area contributed by atoms with E-state index in [1.807, 2.05) is 30.3 Å². The van der Waals surface area contributed by atoms with Crippen molar-refractivity contribution in [2.75, 3.05) is 17.7 Å². The maximum absolute atomic E-state index is 14.0. The third kappa shape index (κ3) is 9.38. The monoisotopic (exact) mass is 649 g/mol. The van der Waals surface area contributed by atoms with E-state index in [0.717, 1.165) is 22.9 Å². The first-order chi connectivity index (χ1) is 20.8. The van der Waals surface area contributed by atoms with Crippen molar-refractivity contribution in [2.45, 2.75) is 88.0 Å². The summed E-state index contributed by atoms with van der Waals surface area (Å²) in [5.41, 5.74) is 0.878. The first-order valence-electron chi connectivity index (χ1n) is 14.6. The Hall–Kier alpha value is -3.23. The van der Waals surface area contributed by atoms with E-state index in [9.17, 15) is 23.1 Å². The van der Waals surface area contributed by atoms with Crippen LogP contribution in [0.5, 0.6) is 0 Å². The van der Waals surface area contributed by atoms with E-state index in [0.29, 0.717) is 23.9 Å². The van der Waals surface area contributed by atoms with Gasteiger partial charge in [-0.05, 0) is 63.8 Å². The molecule has 1 aliphatic carbocycles. The molecule has 2 amide bonds. The Kier molecular flexibility index (Phi) is 11.2. The van der Waals surface area contributed by atoms with Gasteiger partial charge in [-0.15, -0.1) is 11.6 Å². The maximum Gasteiger partial charge on any atom is 0.407 e. The lowest BCUT2D eigenvalue weighted by Crippen LogP contribution is -2.51. The van der Waals surface area contributed by atoms with Crippen LogP contribution in [0, 0.1) is 0 Å². The molecule has 44 heavy (non-hydrogen) atoms. The molecule has 12 nitrogen and oxygen atoms in total. The van der Waals surface area contributed by atoms with Crippen molar-refractivity contribution in [3.8, 4) is 0 Å². The molecule has 0 radical (unpaired) electrons. The van der Waals surface area contributed by atoms with Crippen molar-refractivity contribution in [3.05, 3.63) is 54.1 Å². The molecule has 0 saturated heterocycles. The number of carbonyl (C=O) groups is 2. The van der Waals surface area contributed by atoms with Crippen LogP contribution in [0.3, 0.4) is 0 Å². The molecule has 2 aromatic carbocycles. The van der Waals surface area contributed by atoms with Gasteiger partial charge in [0, 0.05) is 12.3 Å². The van der Waals surface area contributed by atoms with Gasteiger partial charge in [0.25, 0.3) is 10.0 Å². The highest BCUT2D eigenvalue weighted by atomic mass is 35.5. The molecule has 2 atom stereocenters. The second kappa shape index (κ2) is 14.7. The number of hydrogen-bond donors (Lipinski definition) is 4. The number of hydroxylamine groups is 1. The summed E-state index contributed by atoms with van der Waals surface area (Å²) < 4.78 is 34.3. The second-order valence-electron chi connectivity index (χ2n) is 11.8. The fourth-order valence-corrected chi connectivity index (χ4v) is 6.35. The number of hydrogen-bond acceptors (Lipinski definition) is 8. The molecule has 0 spiro atoms. The van der Waals surface area contributed by atoms with Crippen LogP contribution >= 0.6 is 11.6 Å². The number of fused-ring (bicyclic) bond motifs is 1. The molecule has 1 heterocycles. The Bertz CT molecular complexity index is 1520. The summed E-state index contributed by atoms with van der Waals surface area (Å²) in [7, 11) is -4.31. The lowest BCUT2D eigenvalue weighted by Gasteiger charge is -2.31. The number of sulfonamides is 1. The van der Waals surface area contributed by atoms with E-state index < -0.39 is 40.4 Å². The number of aromatic nitrogens is 2. The number of anilines is 1. The van der Waals surface area contributed by atoms with E-state index >= 15 is 0 Å². The molecule has 0 aliphatic heterocycles. The first-order valence-corrected chi connectivity index (χ1v) is 16.6. The highest BCUT2D eigenvalue weighted by Crippen LogP contribution is 2.28. The molecule has 240 valence electrons. The molecule has 2 unspecified atom stereocenters. The summed E-state index contributed by atoms with van der Waals surface area (Å²) in [5, 5.41) is 16.8. The highest BCUT2D eigenvalue weighted by molar-refractivity contribution is 7.89. The SMILES string of the molecule is CC(C)(C)OC(=O)NC(Cc1ccccc1)C(O)CN(OC1CCCC1)S(=O)(=O)c1ccc2nc(NC(=O)CCCl)[nH]c2c1. The van der Waals surface area contributed by atoms with Gasteiger partial charge in [0.2, 0.25) is 11.9 Å². The largest absolute Gasteiger partial charge is 0.444 e. The summed E-state index contributed by atoms with van der Waals surface area (Å²) >= 11 is 5.63. The number of alkyl halides is 1. The average molecular weight is 650 g/mol. The number of aliphatic hydroxyl groups is 1. The molecule has 4 N–H and O–H groups in total. The molecule has 1 aliphatic rings. The van der Waals surface area contributed by atoms with E-state index in [1.165, 1.54) is 18.2 Å². The minimum absolute atomic E-state index is 0.0993. The fraction of sp³-hybridized carbons (Fsp3) is 0.500. The molecular weight excluding hydrogens is 610 g/mol. The minimum atomic E-state index is -4.31. The van der Waals surface area contributed by atoms with Crippen LogP contribution in [0.4, 0.5) is 10.7 Å². The van der Waals surface area contributed by atoms with Crippen LogP contribution in [0.15, 0.2) is 53.4 Å². The Morgan fingerprint density at radius 3 is 2.52 bits per heavy atom. The van der Waals surface area contributed by atoms with Crippen molar-refractivity contribution < 1.29 is 32.7 Å². The summed E-state index contributed by atoms with van der Waals surface area (Å²) in [6, 6.07) is 12.6. The number of amides is 2. The Labute approximate surface area is 262 Å². The predicted octanol–water partition coefficient (Wildman–Crippen LogP) is 4.49. The summed E-state index contributed by atoms with van der Waals surface area (Å²) in [5.74, 6) is -0.0189. The number of benzene rings is 2. The number of alkyl carbamates (subject to hydrolysis) is 1. The number of nitrogens with one attached hydrogen (secondary N) is 3. The Balaban J connectivity index is 1.61. The maximum atomic E-state index is 14.0. The molecule has 1 aromatic heterocycles. The van der Waals surface area contributed by atoms with E-state index in [2.05, 4.69) is 20.6 Å². The van der Waals surface area contributed by atoms with Crippen LogP contribution in [-0.2, 0) is 30.8 Å².